The van der Waals surface area contributed by atoms with E-state index in [2.05, 4.69) is 41.4 Å². The summed E-state index contributed by atoms with van der Waals surface area (Å²) in [5, 5.41) is 7.14. The molecule has 1 aromatic carbocycles. The van der Waals surface area contributed by atoms with Crippen molar-refractivity contribution in [2.45, 2.75) is 33.2 Å². The molecule has 0 atom stereocenters. The number of nitrogens with zero attached hydrogens (tertiary/aromatic N) is 2. The van der Waals surface area contributed by atoms with E-state index in [1.165, 1.54) is 0 Å². The van der Waals surface area contributed by atoms with Crippen molar-refractivity contribution in [3.8, 4) is 5.75 Å². The molecule has 22 heavy (non-hydrogen) atoms. The first-order valence-corrected chi connectivity index (χ1v) is 7.39. The zero-order chi connectivity index (χ0) is 16.3. The van der Waals surface area contributed by atoms with Crippen LogP contribution in [-0.4, -0.2) is 22.6 Å². The van der Waals surface area contributed by atoms with Crippen LogP contribution in [0.1, 0.15) is 26.3 Å². The molecule has 118 valence electrons. The molecule has 2 N–H and O–H groups in total. The third-order valence-corrected chi connectivity index (χ3v) is 3.29. The van der Waals surface area contributed by atoms with Gasteiger partial charge in [-0.3, -0.25) is 0 Å². The molecule has 6 heteroatoms. The van der Waals surface area contributed by atoms with Gasteiger partial charge in [-0.25, -0.2) is 4.98 Å². The van der Waals surface area contributed by atoms with Crippen LogP contribution in [0.5, 0.6) is 5.75 Å². The Labute approximate surface area is 136 Å². The molecule has 0 saturated carbocycles. The van der Waals surface area contributed by atoms with Crippen LogP contribution >= 0.6 is 11.6 Å². The maximum absolute atomic E-state index is 6.12. The van der Waals surface area contributed by atoms with E-state index in [1.54, 1.807) is 19.4 Å². The Bertz CT molecular complexity index is 668. The fourth-order valence-electron chi connectivity index (χ4n) is 1.92. The monoisotopic (exact) mass is 320 g/mol. The van der Waals surface area contributed by atoms with Gasteiger partial charge in [0, 0.05) is 22.8 Å². The normalized spacial score (nSPS) is 11.2. The molecular weight excluding hydrogens is 300 g/mol. The number of halogens is 1. The summed E-state index contributed by atoms with van der Waals surface area (Å²) in [5.74, 6) is 1.90. The van der Waals surface area contributed by atoms with Gasteiger partial charge in [-0.2, -0.15) is 4.98 Å². The minimum Gasteiger partial charge on any atom is -0.495 e. The predicted molar refractivity (Wildman–Crippen MR) is 91.4 cm³/mol. The van der Waals surface area contributed by atoms with Crippen molar-refractivity contribution in [1.29, 1.82) is 0 Å². The molecule has 0 aliphatic heterocycles. The first-order valence-electron chi connectivity index (χ1n) is 7.01. The lowest BCUT2D eigenvalue weighted by molar-refractivity contribution is 0.416. The number of ether oxygens (including phenoxy) is 1. The lowest BCUT2D eigenvalue weighted by atomic mass is 10.1. The SMILES string of the molecule is COc1cc(Cl)c(C)cc1Nc1nccc(NC(C)(C)C)n1. The van der Waals surface area contributed by atoms with Crippen molar-refractivity contribution >= 4 is 29.1 Å². The van der Waals surface area contributed by atoms with E-state index >= 15 is 0 Å². The summed E-state index contributed by atoms with van der Waals surface area (Å²) in [6.45, 7) is 8.17. The molecule has 0 saturated heterocycles. The molecule has 0 fully saturated rings. The Morgan fingerprint density at radius 1 is 1.23 bits per heavy atom. The molecule has 2 rings (SSSR count). The largest absolute Gasteiger partial charge is 0.495 e. The maximum Gasteiger partial charge on any atom is 0.229 e. The van der Waals surface area contributed by atoms with Gasteiger partial charge in [0.15, 0.2) is 0 Å². The molecule has 2 aromatic rings. The molecule has 0 aliphatic carbocycles. The van der Waals surface area contributed by atoms with E-state index in [0.29, 0.717) is 16.7 Å². The highest BCUT2D eigenvalue weighted by Gasteiger charge is 2.12. The van der Waals surface area contributed by atoms with Crippen LogP contribution in [0, 0.1) is 6.92 Å². The van der Waals surface area contributed by atoms with Gasteiger partial charge in [0.2, 0.25) is 5.95 Å². The molecule has 0 radical (unpaired) electrons. The molecule has 0 amide bonds. The van der Waals surface area contributed by atoms with Crippen molar-refractivity contribution in [2.24, 2.45) is 0 Å². The topological polar surface area (TPSA) is 59.1 Å². The van der Waals surface area contributed by atoms with Crippen LogP contribution in [-0.2, 0) is 0 Å². The van der Waals surface area contributed by atoms with Gasteiger partial charge in [0.25, 0.3) is 0 Å². The highest BCUT2D eigenvalue weighted by atomic mass is 35.5. The summed E-state index contributed by atoms with van der Waals surface area (Å²) >= 11 is 6.12. The average molecular weight is 321 g/mol. The fourth-order valence-corrected chi connectivity index (χ4v) is 2.08. The van der Waals surface area contributed by atoms with E-state index in [0.717, 1.165) is 17.1 Å². The van der Waals surface area contributed by atoms with Crippen LogP contribution in [0.2, 0.25) is 5.02 Å². The number of rotatable bonds is 4. The lowest BCUT2D eigenvalue weighted by Crippen LogP contribution is -2.26. The van der Waals surface area contributed by atoms with Crippen LogP contribution in [0.15, 0.2) is 24.4 Å². The standard InChI is InChI=1S/C16H21ClN4O/c1-10-8-12(13(22-5)9-11(10)17)19-15-18-7-6-14(20-15)21-16(2,3)4/h6-9H,1-5H3,(H2,18,19,20,21). The highest BCUT2D eigenvalue weighted by molar-refractivity contribution is 6.31. The fraction of sp³-hybridized carbons (Fsp3) is 0.375. The summed E-state index contributed by atoms with van der Waals surface area (Å²) < 4.78 is 5.35. The lowest BCUT2D eigenvalue weighted by Gasteiger charge is -2.21. The second kappa shape index (κ2) is 6.40. The molecule has 0 aliphatic rings. The molecule has 0 bridgehead atoms. The predicted octanol–water partition coefficient (Wildman–Crippen LogP) is 4.40. The molecule has 1 heterocycles. The smallest absolute Gasteiger partial charge is 0.229 e. The van der Waals surface area contributed by atoms with Gasteiger partial charge in [0.05, 0.1) is 12.8 Å². The summed E-state index contributed by atoms with van der Waals surface area (Å²) in [7, 11) is 1.60. The first kappa shape index (κ1) is 16.4. The maximum atomic E-state index is 6.12. The minimum atomic E-state index is -0.0693. The number of nitrogens with one attached hydrogen (secondary N) is 2. The van der Waals surface area contributed by atoms with Crippen molar-refractivity contribution in [3.63, 3.8) is 0 Å². The number of hydrogen-bond acceptors (Lipinski definition) is 5. The molecule has 5 nitrogen and oxygen atoms in total. The van der Waals surface area contributed by atoms with Gasteiger partial charge in [-0.1, -0.05) is 11.6 Å². The molecule has 0 unspecified atom stereocenters. The van der Waals surface area contributed by atoms with Gasteiger partial charge < -0.3 is 15.4 Å². The molecule has 0 spiro atoms. The summed E-state index contributed by atoms with van der Waals surface area (Å²) in [6, 6.07) is 5.52. The van der Waals surface area contributed by atoms with Crippen molar-refractivity contribution < 1.29 is 4.74 Å². The highest BCUT2D eigenvalue weighted by Crippen LogP contribution is 2.32. The number of benzene rings is 1. The van der Waals surface area contributed by atoms with E-state index in [-0.39, 0.29) is 5.54 Å². The first-order chi connectivity index (χ1) is 10.3. The third kappa shape index (κ3) is 4.24. The van der Waals surface area contributed by atoms with Crippen molar-refractivity contribution in [3.05, 3.63) is 35.0 Å². The molecular formula is C16H21ClN4O. The second-order valence-electron chi connectivity index (χ2n) is 6.07. The van der Waals surface area contributed by atoms with Crippen LogP contribution in [0.25, 0.3) is 0 Å². The minimum absolute atomic E-state index is 0.0693. The van der Waals surface area contributed by atoms with Crippen LogP contribution in [0.3, 0.4) is 0 Å². The Kier molecular flexibility index (Phi) is 4.76. The quantitative estimate of drug-likeness (QED) is 0.874. The van der Waals surface area contributed by atoms with Crippen LogP contribution < -0.4 is 15.4 Å². The summed E-state index contributed by atoms with van der Waals surface area (Å²) in [5.41, 5.74) is 1.66. The number of aromatic nitrogens is 2. The van der Waals surface area contributed by atoms with Gasteiger partial charge in [0.1, 0.15) is 11.6 Å². The number of hydrogen-bond donors (Lipinski definition) is 2. The summed E-state index contributed by atoms with van der Waals surface area (Å²) in [6.07, 6.45) is 1.71. The zero-order valence-electron chi connectivity index (χ0n) is 13.5. The van der Waals surface area contributed by atoms with Crippen molar-refractivity contribution in [1.82, 2.24) is 9.97 Å². The molecule has 1 aromatic heterocycles. The van der Waals surface area contributed by atoms with E-state index < -0.39 is 0 Å². The van der Waals surface area contributed by atoms with Crippen molar-refractivity contribution in [2.75, 3.05) is 17.7 Å². The Morgan fingerprint density at radius 3 is 2.59 bits per heavy atom. The Balaban J connectivity index is 2.28. The van der Waals surface area contributed by atoms with Gasteiger partial charge in [-0.15, -0.1) is 0 Å². The van der Waals surface area contributed by atoms with E-state index in [1.807, 2.05) is 19.1 Å². The Hall–Kier alpha value is -2.01. The zero-order valence-corrected chi connectivity index (χ0v) is 14.2. The van der Waals surface area contributed by atoms with Gasteiger partial charge in [-0.05, 0) is 45.4 Å². The number of methoxy groups -OCH3 is 1. The van der Waals surface area contributed by atoms with E-state index in [9.17, 15) is 0 Å². The number of anilines is 3. The van der Waals surface area contributed by atoms with E-state index in [4.69, 9.17) is 16.3 Å². The summed E-state index contributed by atoms with van der Waals surface area (Å²) in [4.78, 5) is 8.70. The van der Waals surface area contributed by atoms with Gasteiger partial charge >= 0.3 is 0 Å². The Morgan fingerprint density at radius 2 is 1.95 bits per heavy atom. The number of aryl methyl sites for hydroxylation is 1. The van der Waals surface area contributed by atoms with Crippen LogP contribution in [0.4, 0.5) is 17.5 Å². The second-order valence-corrected chi connectivity index (χ2v) is 6.47. The third-order valence-electron chi connectivity index (χ3n) is 2.89. The average Bonchev–Trinajstić information content (AvgIpc) is 2.41.